The van der Waals surface area contributed by atoms with Crippen LogP contribution in [0.15, 0.2) is 24.3 Å². The number of nitrogens with zero attached hydrogens (tertiary/aromatic N) is 1. The van der Waals surface area contributed by atoms with Gasteiger partial charge in [-0.15, -0.1) is 0 Å². The highest BCUT2D eigenvalue weighted by atomic mass is 19.1. The predicted molar refractivity (Wildman–Crippen MR) is 67.3 cm³/mol. The Balaban J connectivity index is 2.21. The molecule has 1 heterocycles. The van der Waals surface area contributed by atoms with Crippen LogP contribution in [0.1, 0.15) is 30.1 Å². The second-order valence-electron chi connectivity index (χ2n) is 4.84. The number of carbonyl (C=O) groups excluding carboxylic acids is 1. The SMILES string of the molecule is C[C@@H]1[C@H](C(=O)O)CCCN1C(=O)c1cccc(F)c1. The average molecular weight is 265 g/mol. The van der Waals surface area contributed by atoms with E-state index in [1.54, 1.807) is 13.0 Å². The van der Waals surface area contributed by atoms with E-state index in [0.717, 1.165) is 0 Å². The third-order valence-corrected chi connectivity index (χ3v) is 3.64. The molecule has 1 saturated heterocycles. The normalized spacial score (nSPS) is 23.2. The van der Waals surface area contributed by atoms with Crippen LogP contribution in [-0.2, 0) is 4.79 Å². The second kappa shape index (κ2) is 5.38. The van der Waals surface area contributed by atoms with E-state index in [9.17, 15) is 14.0 Å². The number of rotatable bonds is 2. The molecule has 1 fully saturated rings. The van der Waals surface area contributed by atoms with Gasteiger partial charge in [-0.3, -0.25) is 9.59 Å². The number of aliphatic carboxylic acids is 1. The van der Waals surface area contributed by atoms with Gasteiger partial charge in [0.15, 0.2) is 0 Å². The van der Waals surface area contributed by atoms with Crippen molar-refractivity contribution in [2.45, 2.75) is 25.8 Å². The number of carbonyl (C=O) groups is 2. The first-order valence-electron chi connectivity index (χ1n) is 6.30. The van der Waals surface area contributed by atoms with Gasteiger partial charge in [0.1, 0.15) is 5.82 Å². The number of amides is 1. The van der Waals surface area contributed by atoms with E-state index < -0.39 is 17.7 Å². The van der Waals surface area contributed by atoms with Gasteiger partial charge in [0.2, 0.25) is 0 Å². The fourth-order valence-electron chi connectivity index (χ4n) is 2.55. The van der Waals surface area contributed by atoms with Crippen molar-refractivity contribution >= 4 is 11.9 Å². The lowest BCUT2D eigenvalue weighted by Gasteiger charge is -2.37. The number of carboxylic acid groups (broad SMARTS) is 1. The quantitative estimate of drug-likeness (QED) is 0.891. The van der Waals surface area contributed by atoms with Crippen LogP contribution in [0.25, 0.3) is 0 Å². The van der Waals surface area contributed by atoms with Gasteiger partial charge >= 0.3 is 5.97 Å². The zero-order valence-electron chi connectivity index (χ0n) is 10.7. The molecule has 1 aromatic rings. The Labute approximate surface area is 110 Å². The lowest BCUT2D eigenvalue weighted by Crippen LogP contribution is -2.49. The summed E-state index contributed by atoms with van der Waals surface area (Å²) in [5.74, 6) is -2.21. The molecule has 2 atom stereocenters. The largest absolute Gasteiger partial charge is 0.481 e. The van der Waals surface area contributed by atoms with Crippen LogP contribution in [0.3, 0.4) is 0 Å². The number of hydrogen-bond acceptors (Lipinski definition) is 2. The van der Waals surface area contributed by atoms with E-state index in [1.165, 1.54) is 23.1 Å². The highest BCUT2D eigenvalue weighted by Gasteiger charge is 2.35. The van der Waals surface area contributed by atoms with Gasteiger partial charge in [-0.25, -0.2) is 4.39 Å². The minimum Gasteiger partial charge on any atom is -0.481 e. The van der Waals surface area contributed by atoms with Gasteiger partial charge < -0.3 is 10.0 Å². The Kier molecular flexibility index (Phi) is 3.83. The summed E-state index contributed by atoms with van der Waals surface area (Å²) in [4.78, 5) is 24.9. The van der Waals surface area contributed by atoms with Crippen molar-refractivity contribution in [2.24, 2.45) is 5.92 Å². The maximum Gasteiger partial charge on any atom is 0.308 e. The molecule has 0 radical (unpaired) electrons. The minimum atomic E-state index is -0.885. The lowest BCUT2D eigenvalue weighted by atomic mass is 9.90. The standard InChI is InChI=1S/C14H16FNO3/c1-9-12(14(18)19)6-3-7-16(9)13(17)10-4-2-5-11(15)8-10/h2,4-5,8-9,12H,3,6-7H2,1H3,(H,18,19)/t9-,12-/m1/s1. The molecule has 1 N–H and O–H groups in total. The van der Waals surface area contributed by atoms with Crippen LogP contribution < -0.4 is 0 Å². The van der Waals surface area contributed by atoms with Gasteiger partial charge in [-0.05, 0) is 38.0 Å². The van der Waals surface area contributed by atoms with Gasteiger partial charge in [0.05, 0.1) is 5.92 Å². The summed E-state index contributed by atoms with van der Waals surface area (Å²) in [5, 5.41) is 9.12. The molecule has 19 heavy (non-hydrogen) atoms. The van der Waals surface area contributed by atoms with Crippen molar-refractivity contribution in [3.63, 3.8) is 0 Å². The molecule has 0 unspecified atom stereocenters. The monoisotopic (exact) mass is 265 g/mol. The zero-order valence-corrected chi connectivity index (χ0v) is 10.7. The Morgan fingerprint density at radius 1 is 1.42 bits per heavy atom. The molecule has 5 heteroatoms. The topological polar surface area (TPSA) is 57.6 Å². The van der Waals surface area contributed by atoms with Gasteiger partial charge in [-0.2, -0.15) is 0 Å². The van der Waals surface area contributed by atoms with Crippen molar-refractivity contribution in [1.82, 2.24) is 4.90 Å². The molecule has 2 rings (SSSR count). The van der Waals surface area contributed by atoms with E-state index >= 15 is 0 Å². The molecule has 0 spiro atoms. The number of piperidine rings is 1. The molecule has 1 aliphatic rings. The molecule has 0 aliphatic carbocycles. The van der Waals surface area contributed by atoms with Crippen LogP contribution in [-0.4, -0.2) is 34.5 Å². The van der Waals surface area contributed by atoms with Crippen LogP contribution in [0.2, 0.25) is 0 Å². The summed E-state index contributed by atoms with van der Waals surface area (Å²) >= 11 is 0. The lowest BCUT2D eigenvalue weighted by molar-refractivity contribution is -0.144. The molecular weight excluding hydrogens is 249 g/mol. The molecule has 102 valence electrons. The number of halogens is 1. The maximum absolute atomic E-state index is 13.1. The summed E-state index contributed by atoms with van der Waals surface area (Å²) in [6.07, 6.45) is 1.23. The van der Waals surface area contributed by atoms with E-state index in [2.05, 4.69) is 0 Å². The Bertz CT molecular complexity index is 503. The van der Waals surface area contributed by atoms with Crippen molar-refractivity contribution in [1.29, 1.82) is 0 Å². The molecule has 0 bridgehead atoms. The van der Waals surface area contributed by atoms with Crippen LogP contribution in [0.4, 0.5) is 4.39 Å². The van der Waals surface area contributed by atoms with Crippen LogP contribution in [0.5, 0.6) is 0 Å². The summed E-state index contributed by atoms with van der Waals surface area (Å²) in [6, 6.07) is 5.10. The highest BCUT2D eigenvalue weighted by Crippen LogP contribution is 2.25. The minimum absolute atomic E-state index is 0.262. The van der Waals surface area contributed by atoms with Gasteiger partial charge in [0, 0.05) is 18.2 Å². The van der Waals surface area contributed by atoms with Crippen LogP contribution >= 0.6 is 0 Å². The van der Waals surface area contributed by atoms with E-state index in [-0.39, 0.29) is 17.5 Å². The highest BCUT2D eigenvalue weighted by molar-refractivity contribution is 5.94. The summed E-state index contributed by atoms with van der Waals surface area (Å²) in [7, 11) is 0. The number of likely N-dealkylation sites (tertiary alicyclic amines) is 1. The van der Waals surface area contributed by atoms with E-state index in [4.69, 9.17) is 5.11 Å². The molecular formula is C14H16FNO3. The third-order valence-electron chi connectivity index (χ3n) is 3.64. The molecule has 0 saturated carbocycles. The molecule has 0 aromatic heterocycles. The maximum atomic E-state index is 13.1. The van der Waals surface area contributed by atoms with Crippen molar-refractivity contribution in [3.8, 4) is 0 Å². The Morgan fingerprint density at radius 3 is 2.79 bits per heavy atom. The van der Waals surface area contributed by atoms with Crippen molar-refractivity contribution in [3.05, 3.63) is 35.6 Å². The van der Waals surface area contributed by atoms with Crippen molar-refractivity contribution in [2.75, 3.05) is 6.54 Å². The van der Waals surface area contributed by atoms with Crippen LogP contribution in [0, 0.1) is 11.7 Å². The molecule has 1 aliphatic heterocycles. The Morgan fingerprint density at radius 2 is 2.16 bits per heavy atom. The number of hydrogen-bond donors (Lipinski definition) is 1. The number of carboxylic acids is 1. The summed E-state index contributed by atoms with van der Waals surface area (Å²) in [6.45, 7) is 2.25. The second-order valence-corrected chi connectivity index (χ2v) is 4.84. The van der Waals surface area contributed by atoms with Crippen molar-refractivity contribution < 1.29 is 19.1 Å². The predicted octanol–water partition coefficient (Wildman–Crippen LogP) is 2.15. The summed E-state index contributed by atoms with van der Waals surface area (Å²) < 4.78 is 13.1. The Hall–Kier alpha value is -1.91. The fourth-order valence-corrected chi connectivity index (χ4v) is 2.55. The first kappa shape index (κ1) is 13.5. The van der Waals surface area contributed by atoms with Gasteiger partial charge in [0.25, 0.3) is 5.91 Å². The molecule has 1 amide bonds. The average Bonchev–Trinajstić information content (AvgIpc) is 2.38. The smallest absolute Gasteiger partial charge is 0.308 e. The van der Waals surface area contributed by atoms with Gasteiger partial charge in [-0.1, -0.05) is 6.07 Å². The fraction of sp³-hybridized carbons (Fsp3) is 0.429. The van der Waals surface area contributed by atoms with E-state index in [0.29, 0.717) is 19.4 Å². The third kappa shape index (κ3) is 2.75. The molecule has 1 aromatic carbocycles. The first-order valence-corrected chi connectivity index (χ1v) is 6.30. The summed E-state index contributed by atoms with van der Waals surface area (Å²) in [5.41, 5.74) is 0.262. The van der Waals surface area contributed by atoms with E-state index in [1.807, 2.05) is 0 Å². The first-order chi connectivity index (χ1) is 9.00. The zero-order chi connectivity index (χ0) is 14.0. The molecule has 4 nitrogen and oxygen atoms in total. The number of benzene rings is 1.